The molecule has 1 aliphatic heterocycles. The lowest BCUT2D eigenvalue weighted by Gasteiger charge is -2.33. The second kappa shape index (κ2) is 5.47. The van der Waals surface area contributed by atoms with E-state index in [1.165, 1.54) is 6.42 Å². The first-order valence-electron chi connectivity index (χ1n) is 5.83. The van der Waals surface area contributed by atoms with Crippen LogP contribution in [0.25, 0.3) is 0 Å². The van der Waals surface area contributed by atoms with Crippen molar-refractivity contribution in [3.63, 3.8) is 0 Å². The van der Waals surface area contributed by atoms with Crippen LogP contribution in [-0.2, 0) is 4.79 Å². The quantitative estimate of drug-likeness (QED) is 0.632. The molecule has 4 heteroatoms. The number of carbonyl (C=O) groups is 1. The Hall–Kier alpha value is -0.610. The van der Waals surface area contributed by atoms with Gasteiger partial charge in [0.05, 0.1) is 5.54 Å². The van der Waals surface area contributed by atoms with Crippen molar-refractivity contribution in [3.8, 4) is 0 Å². The first kappa shape index (κ1) is 12.5. The van der Waals surface area contributed by atoms with E-state index in [-0.39, 0.29) is 17.5 Å². The maximum absolute atomic E-state index is 11.9. The van der Waals surface area contributed by atoms with Gasteiger partial charge in [0.1, 0.15) is 0 Å². The zero-order chi connectivity index (χ0) is 11.3. The van der Waals surface area contributed by atoms with Crippen molar-refractivity contribution in [2.75, 3.05) is 13.1 Å². The van der Waals surface area contributed by atoms with Gasteiger partial charge in [-0.2, -0.15) is 0 Å². The van der Waals surface area contributed by atoms with E-state index in [1.807, 2.05) is 13.8 Å². The van der Waals surface area contributed by atoms with Gasteiger partial charge in [-0.05, 0) is 46.1 Å². The standard InChI is InChI=1S/C11H23N3O/c1-9(12)5-8-13-10(15)11(2)6-3-4-7-14-11/h9,14H,3-8,12H2,1-2H3,(H,13,15). The van der Waals surface area contributed by atoms with E-state index in [2.05, 4.69) is 10.6 Å². The van der Waals surface area contributed by atoms with Crippen molar-refractivity contribution in [1.29, 1.82) is 0 Å². The van der Waals surface area contributed by atoms with Gasteiger partial charge in [0, 0.05) is 12.6 Å². The van der Waals surface area contributed by atoms with E-state index in [1.54, 1.807) is 0 Å². The van der Waals surface area contributed by atoms with Crippen LogP contribution in [0.15, 0.2) is 0 Å². The fraction of sp³-hybridized carbons (Fsp3) is 0.909. The number of piperidine rings is 1. The molecular weight excluding hydrogens is 190 g/mol. The molecule has 0 aromatic heterocycles. The van der Waals surface area contributed by atoms with Gasteiger partial charge in [-0.1, -0.05) is 0 Å². The average Bonchev–Trinajstić information content (AvgIpc) is 2.18. The van der Waals surface area contributed by atoms with Gasteiger partial charge in [0.25, 0.3) is 0 Å². The monoisotopic (exact) mass is 213 g/mol. The summed E-state index contributed by atoms with van der Waals surface area (Å²) >= 11 is 0. The maximum atomic E-state index is 11.9. The Labute approximate surface area is 92.0 Å². The second-order valence-corrected chi connectivity index (χ2v) is 4.74. The summed E-state index contributed by atoms with van der Waals surface area (Å²) in [5.41, 5.74) is 5.26. The molecule has 1 aliphatic rings. The number of rotatable bonds is 4. The predicted molar refractivity (Wildman–Crippen MR) is 61.5 cm³/mol. The van der Waals surface area contributed by atoms with Crippen molar-refractivity contribution < 1.29 is 4.79 Å². The number of hydrogen-bond donors (Lipinski definition) is 3. The molecule has 0 aromatic carbocycles. The summed E-state index contributed by atoms with van der Waals surface area (Å²) in [5, 5.41) is 6.23. The Bertz CT molecular complexity index is 210. The molecule has 0 aromatic rings. The summed E-state index contributed by atoms with van der Waals surface area (Å²) in [6, 6.07) is 0.150. The van der Waals surface area contributed by atoms with Crippen molar-refractivity contribution in [2.45, 2.75) is 51.1 Å². The Balaban J connectivity index is 2.31. The lowest BCUT2D eigenvalue weighted by Crippen LogP contribution is -2.57. The minimum atomic E-state index is -0.365. The fourth-order valence-electron chi connectivity index (χ4n) is 1.86. The van der Waals surface area contributed by atoms with Gasteiger partial charge in [-0.15, -0.1) is 0 Å². The van der Waals surface area contributed by atoms with Crippen molar-refractivity contribution in [1.82, 2.24) is 10.6 Å². The molecule has 15 heavy (non-hydrogen) atoms. The molecule has 2 atom stereocenters. The number of amides is 1. The molecule has 0 saturated carbocycles. The number of nitrogens with two attached hydrogens (primary N) is 1. The SMILES string of the molecule is CC(N)CCNC(=O)C1(C)CCCCN1. The van der Waals surface area contributed by atoms with Gasteiger partial charge >= 0.3 is 0 Å². The predicted octanol–water partition coefficient (Wildman–Crippen LogP) is 0.372. The highest BCUT2D eigenvalue weighted by Crippen LogP contribution is 2.18. The zero-order valence-electron chi connectivity index (χ0n) is 9.81. The Morgan fingerprint density at radius 1 is 1.60 bits per heavy atom. The number of nitrogens with one attached hydrogen (secondary N) is 2. The van der Waals surface area contributed by atoms with Crippen LogP contribution in [0.4, 0.5) is 0 Å². The molecule has 1 heterocycles. The molecule has 1 saturated heterocycles. The third kappa shape index (κ3) is 3.80. The highest BCUT2D eigenvalue weighted by Gasteiger charge is 2.33. The van der Waals surface area contributed by atoms with Gasteiger partial charge in [-0.3, -0.25) is 4.79 Å². The average molecular weight is 213 g/mol. The van der Waals surface area contributed by atoms with E-state index < -0.39 is 0 Å². The molecule has 0 bridgehead atoms. The topological polar surface area (TPSA) is 67.1 Å². The van der Waals surface area contributed by atoms with Crippen LogP contribution in [-0.4, -0.2) is 30.6 Å². The van der Waals surface area contributed by atoms with Crippen LogP contribution >= 0.6 is 0 Å². The van der Waals surface area contributed by atoms with Crippen LogP contribution in [0.3, 0.4) is 0 Å². The van der Waals surface area contributed by atoms with E-state index >= 15 is 0 Å². The zero-order valence-corrected chi connectivity index (χ0v) is 9.81. The summed E-state index contributed by atoms with van der Waals surface area (Å²) in [6.45, 7) is 5.55. The summed E-state index contributed by atoms with van der Waals surface area (Å²) in [5.74, 6) is 0.114. The minimum absolute atomic E-state index is 0.114. The van der Waals surface area contributed by atoms with Gasteiger partial charge in [0.15, 0.2) is 0 Å². The lowest BCUT2D eigenvalue weighted by atomic mass is 9.90. The van der Waals surface area contributed by atoms with Crippen LogP contribution < -0.4 is 16.4 Å². The van der Waals surface area contributed by atoms with E-state index in [0.29, 0.717) is 6.54 Å². The molecule has 4 nitrogen and oxygen atoms in total. The smallest absolute Gasteiger partial charge is 0.240 e. The molecule has 2 unspecified atom stereocenters. The minimum Gasteiger partial charge on any atom is -0.354 e. The summed E-state index contributed by atoms with van der Waals surface area (Å²) in [4.78, 5) is 11.9. The van der Waals surface area contributed by atoms with Crippen molar-refractivity contribution >= 4 is 5.91 Å². The molecule has 88 valence electrons. The molecule has 4 N–H and O–H groups in total. The van der Waals surface area contributed by atoms with Crippen LogP contribution in [0.1, 0.15) is 39.5 Å². The van der Waals surface area contributed by atoms with Gasteiger partial charge < -0.3 is 16.4 Å². The Morgan fingerprint density at radius 2 is 2.33 bits per heavy atom. The Morgan fingerprint density at radius 3 is 2.87 bits per heavy atom. The van der Waals surface area contributed by atoms with E-state index in [9.17, 15) is 4.79 Å². The highest BCUT2D eigenvalue weighted by molar-refractivity contribution is 5.85. The molecule has 0 spiro atoms. The largest absolute Gasteiger partial charge is 0.354 e. The summed E-state index contributed by atoms with van der Waals surface area (Å²) in [7, 11) is 0. The van der Waals surface area contributed by atoms with Crippen molar-refractivity contribution in [3.05, 3.63) is 0 Å². The summed E-state index contributed by atoms with van der Waals surface area (Å²) < 4.78 is 0. The van der Waals surface area contributed by atoms with Gasteiger partial charge in [0.2, 0.25) is 5.91 Å². The van der Waals surface area contributed by atoms with Crippen LogP contribution in [0.5, 0.6) is 0 Å². The third-order valence-electron chi connectivity index (χ3n) is 3.01. The molecule has 1 amide bonds. The van der Waals surface area contributed by atoms with Crippen LogP contribution in [0.2, 0.25) is 0 Å². The maximum Gasteiger partial charge on any atom is 0.240 e. The first-order chi connectivity index (χ1) is 7.04. The van der Waals surface area contributed by atoms with Gasteiger partial charge in [-0.25, -0.2) is 0 Å². The van der Waals surface area contributed by atoms with E-state index in [4.69, 9.17) is 5.73 Å². The molecule has 0 aliphatic carbocycles. The summed E-state index contributed by atoms with van der Waals surface area (Å²) in [6.07, 6.45) is 4.06. The van der Waals surface area contributed by atoms with E-state index in [0.717, 1.165) is 25.8 Å². The molecular formula is C11H23N3O. The molecule has 0 radical (unpaired) electrons. The second-order valence-electron chi connectivity index (χ2n) is 4.74. The number of carbonyl (C=O) groups excluding carboxylic acids is 1. The molecule has 1 rings (SSSR count). The first-order valence-corrected chi connectivity index (χ1v) is 5.83. The third-order valence-corrected chi connectivity index (χ3v) is 3.01. The fourth-order valence-corrected chi connectivity index (χ4v) is 1.86. The van der Waals surface area contributed by atoms with Crippen molar-refractivity contribution in [2.24, 2.45) is 5.73 Å². The highest BCUT2D eigenvalue weighted by atomic mass is 16.2. The lowest BCUT2D eigenvalue weighted by molar-refractivity contribution is -0.127. The Kier molecular flexibility index (Phi) is 4.54. The molecule has 1 fully saturated rings. The van der Waals surface area contributed by atoms with Crippen LogP contribution in [0, 0.1) is 0 Å². The normalized spacial score (nSPS) is 28.5. The number of hydrogen-bond acceptors (Lipinski definition) is 3.